The molecule has 0 aliphatic carbocycles. The molecule has 1 N–H and O–H groups in total. The summed E-state index contributed by atoms with van der Waals surface area (Å²) in [4.78, 5) is 8.39. The average molecular weight is 343 g/mol. The van der Waals surface area contributed by atoms with Gasteiger partial charge in [-0.1, -0.05) is 6.07 Å². The van der Waals surface area contributed by atoms with Crippen molar-refractivity contribution in [1.29, 1.82) is 0 Å². The molecule has 25 heavy (non-hydrogen) atoms. The van der Waals surface area contributed by atoms with Gasteiger partial charge in [-0.25, -0.2) is 4.39 Å². The molecule has 1 saturated heterocycles. The van der Waals surface area contributed by atoms with E-state index in [1.165, 1.54) is 0 Å². The maximum absolute atomic E-state index is 14.6. The molecular weight excluding hydrogens is 317 g/mol. The Kier molecular flexibility index (Phi) is 6.00. The highest BCUT2D eigenvalue weighted by Gasteiger charge is 2.18. The number of halogens is 1. The summed E-state index contributed by atoms with van der Waals surface area (Å²) in [6.07, 6.45) is 5.84. The number of aliphatic hydroxyl groups is 1. The molecule has 5 heteroatoms. The zero-order valence-electron chi connectivity index (χ0n) is 14.8. The van der Waals surface area contributed by atoms with Crippen molar-refractivity contribution in [2.24, 2.45) is 0 Å². The topological polar surface area (TPSA) is 39.6 Å². The Balaban J connectivity index is 1.76. The molecule has 0 unspecified atom stereocenters. The zero-order valence-corrected chi connectivity index (χ0v) is 14.8. The van der Waals surface area contributed by atoms with Gasteiger partial charge < -0.3 is 10.0 Å². The number of hydrogen-bond acceptors (Lipinski definition) is 4. The van der Waals surface area contributed by atoms with Crippen LogP contribution in [0.1, 0.15) is 29.5 Å². The first-order chi connectivity index (χ1) is 12.2. The maximum atomic E-state index is 14.6. The van der Waals surface area contributed by atoms with Crippen LogP contribution in [0.3, 0.4) is 0 Å². The van der Waals surface area contributed by atoms with Crippen molar-refractivity contribution in [3.05, 3.63) is 59.2 Å². The lowest BCUT2D eigenvalue weighted by atomic mass is 10.1. The van der Waals surface area contributed by atoms with Crippen LogP contribution in [-0.2, 0) is 13.1 Å². The summed E-state index contributed by atoms with van der Waals surface area (Å²) >= 11 is 0. The first kappa shape index (κ1) is 17.8. The quantitative estimate of drug-likeness (QED) is 0.838. The van der Waals surface area contributed by atoms with Gasteiger partial charge in [-0.3, -0.25) is 9.88 Å². The van der Waals surface area contributed by atoms with Crippen molar-refractivity contribution in [2.75, 3.05) is 31.1 Å². The van der Waals surface area contributed by atoms with E-state index in [2.05, 4.69) is 14.8 Å². The summed E-state index contributed by atoms with van der Waals surface area (Å²) in [5.74, 6) is -0.146. The van der Waals surface area contributed by atoms with Crippen LogP contribution in [0, 0.1) is 12.7 Å². The van der Waals surface area contributed by atoms with Gasteiger partial charge in [-0.05, 0) is 54.7 Å². The molecule has 0 amide bonds. The van der Waals surface area contributed by atoms with Gasteiger partial charge in [0, 0.05) is 45.1 Å². The third-order valence-electron chi connectivity index (χ3n) is 4.79. The lowest BCUT2D eigenvalue weighted by Crippen LogP contribution is -2.27. The molecule has 4 nitrogen and oxygen atoms in total. The maximum Gasteiger partial charge on any atom is 0.146 e. The lowest BCUT2D eigenvalue weighted by molar-refractivity contribution is 0.184. The molecule has 1 aliphatic heterocycles. The number of benzene rings is 1. The van der Waals surface area contributed by atoms with E-state index in [4.69, 9.17) is 0 Å². The highest BCUT2D eigenvalue weighted by molar-refractivity contribution is 5.52. The molecule has 2 heterocycles. The third-order valence-corrected chi connectivity index (χ3v) is 4.79. The van der Waals surface area contributed by atoms with Crippen molar-refractivity contribution >= 4 is 5.69 Å². The number of anilines is 1. The second-order valence-electron chi connectivity index (χ2n) is 6.72. The molecule has 3 rings (SSSR count). The van der Waals surface area contributed by atoms with Gasteiger partial charge in [0.25, 0.3) is 0 Å². The normalized spacial score (nSPS) is 14.5. The summed E-state index contributed by atoms with van der Waals surface area (Å²) in [5.41, 5.74) is 3.87. The van der Waals surface area contributed by atoms with E-state index >= 15 is 0 Å². The molecule has 134 valence electrons. The van der Waals surface area contributed by atoms with Gasteiger partial charge in [0.2, 0.25) is 0 Å². The smallest absolute Gasteiger partial charge is 0.146 e. The van der Waals surface area contributed by atoms with Crippen LogP contribution in [0.2, 0.25) is 0 Å². The predicted molar refractivity (Wildman–Crippen MR) is 98.0 cm³/mol. The number of aryl methyl sites for hydroxylation is 1. The number of aromatic nitrogens is 1. The average Bonchev–Trinajstić information content (AvgIpc) is 3.13. The molecule has 1 aromatic heterocycles. The summed E-state index contributed by atoms with van der Waals surface area (Å²) < 4.78 is 14.6. The van der Waals surface area contributed by atoms with Crippen LogP contribution in [0.4, 0.5) is 10.1 Å². The number of pyridine rings is 1. The van der Waals surface area contributed by atoms with Crippen LogP contribution in [0.15, 0.2) is 36.7 Å². The minimum atomic E-state index is -0.146. The van der Waals surface area contributed by atoms with Crippen molar-refractivity contribution in [1.82, 2.24) is 9.88 Å². The molecule has 0 spiro atoms. The standard InChI is InChI=1S/C20H26FN3O/c1-16-11-20(24-7-2-3-8-24)19(21)12-18(16)15-23(9-10-25)14-17-5-4-6-22-13-17/h4-6,11-13,25H,2-3,7-10,14-15H2,1H3. The number of nitrogens with zero attached hydrogens (tertiary/aromatic N) is 3. The second kappa shape index (κ2) is 8.41. The van der Waals surface area contributed by atoms with Crippen LogP contribution in [0.5, 0.6) is 0 Å². The lowest BCUT2D eigenvalue weighted by Gasteiger charge is -2.24. The van der Waals surface area contributed by atoms with E-state index in [-0.39, 0.29) is 12.4 Å². The van der Waals surface area contributed by atoms with E-state index in [0.29, 0.717) is 19.6 Å². The predicted octanol–water partition coefficient (Wildman–Crippen LogP) is 3.12. The Morgan fingerprint density at radius 3 is 2.72 bits per heavy atom. The number of aliphatic hydroxyl groups excluding tert-OH is 1. The van der Waals surface area contributed by atoms with Gasteiger partial charge in [-0.2, -0.15) is 0 Å². The molecule has 0 saturated carbocycles. The number of hydrogen-bond donors (Lipinski definition) is 1. The minimum Gasteiger partial charge on any atom is -0.395 e. The highest BCUT2D eigenvalue weighted by atomic mass is 19.1. The Morgan fingerprint density at radius 1 is 1.24 bits per heavy atom. The molecule has 2 aromatic rings. The summed E-state index contributed by atoms with van der Waals surface area (Å²) in [6, 6.07) is 7.55. The SMILES string of the molecule is Cc1cc(N2CCCC2)c(F)cc1CN(CCO)Cc1cccnc1. The van der Waals surface area contributed by atoms with Crippen LogP contribution in [-0.4, -0.2) is 41.2 Å². The fourth-order valence-corrected chi connectivity index (χ4v) is 3.42. The van der Waals surface area contributed by atoms with E-state index < -0.39 is 0 Å². The monoisotopic (exact) mass is 343 g/mol. The Hall–Kier alpha value is -1.98. The molecule has 0 radical (unpaired) electrons. The van der Waals surface area contributed by atoms with Crippen LogP contribution in [0.25, 0.3) is 0 Å². The van der Waals surface area contributed by atoms with Gasteiger partial charge >= 0.3 is 0 Å². The fourth-order valence-electron chi connectivity index (χ4n) is 3.42. The first-order valence-electron chi connectivity index (χ1n) is 8.93. The Labute approximate surface area is 148 Å². The van der Waals surface area contributed by atoms with E-state index in [9.17, 15) is 9.50 Å². The van der Waals surface area contributed by atoms with E-state index in [0.717, 1.165) is 48.3 Å². The molecule has 1 aliphatic rings. The molecular formula is C20H26FN3O. The van der Waals surface area contributed by atoms with Crippen molar-refractivity contribution in [2.45, 2.75) is 32.9 Å². The van der Waals surface area contributed by atoms with Crippen molar-refractivity contribution in [3.8, 4) is 0 Å². The van der Waals surface area contributed by atoms with Gasteiger partial charge in [-0.15, -0.1) is 0 Å². The summed E-state index contributed by atoms with van der Waals surface area (Å²) in [6.45, 7) is 5.83. The second-order valence-corrected chi connectivity index (χ2v) is 6.72. The summed E-state index contributed by atoms with van der Waals surface area (Å²) in [5, 5.41) is 9.37. The van der Waals surface area contributed by atoms with Crippen molar-refractivity contribution in [3.63, 3.8) is 0 Å². The van der Waals surface area contributed by atoms with Gasteiger partial charge in [0.1, 0.15) is 5.82 Å². The zero-order chi connectivity index (χ0) is 17.6. The Morgan fingerprint density at radius 2 is 2.04 bits per heavy atom. The van der Waals surface area contributed by atoms with Gasteiger partial charge in [0.15, 0.2) is 0 Å². The third kappa shape index (κ3) is 4.55. The highest BCUT2D eigenvalue weighted by Crippen LogP contribution is 2.27. The van der Waals surface area contributed by atoms with E-state index in [1.54, 1.807) is 12.3 Å². The van der Waals surface area contributed by atoms with Crippen molar-refractivity contribution < 1.29 is 9.50 Å². The van der Waals surface area contributed by atoms with Crippen LogP contribution >= 0.6 is 0 Å². The Bertz CT molecular complexity index is 687. The minimum absolute atomic E-state index is 0.0770. The molecule has 0 atom stereocenters. The largest absolute Gasteiger partial charge is 0.395 e. The fraction of sp³-hybridized carbons (Fsp3) is 0.450. The molecule has 1 fully saturated rings. The number of rotatable bonds is 7. The summed E-state index contributed by atoms with van der Waals surface area (Å²) in [7, 11) is 0. The molecule has 0 bridgehead atoms. The first-order valence-corrected chi connectivity index (χ1v) is 8.93. The van der Waals surface area contributed by atoms with E-state index in [1.807, 2.05) is 31.3 Å². The van der Waals surface area contributed by atoms with Crippen LogP contribution < -0.4 is 4.90 Å². The van der Waals surface area contributed by atoms with Gasteiger partial charge in [0.05, 0.1) is 12.3 Å². The molecule has 1 aromatic carbocycles.